The molecular formula is C46H31NO. The fourth-order valence-corrected chi connectivity index (χ4v) is 6.94. The summed E-state index contributed by atoms with van der Waals surface area (Å²) in [6, 6.07) is 67.0. The Labute approximate surface area is 279 Å². The van der Waals surface area contributed by atoms with Gasteiger partial charge in [-0.15, -0.1) is 0 Å². The molecule has 0 atom stereocenters. The lowest BCUT2D eigenvalue weighted by Gasteiger charge is -2.29. The van der Waals surface area contributed by atoms with E-state index in [1.807, 2.05) is 12.1 Å². The van der Waals surface area contributed by atoms with Crippen molar-refractivity contribution in [3.05, 3.63) is 188 Å². The molecule has 2 nitrogen and oxygen atoms in total. The number of anilines is 3. The van der Waals surface area contributed by atoms with E-state index >= 15 is 0 Å². The van der Waals surface area contributed by atoms with Crippen molar-refractivity contribution < 1.29 is 4.42 Å². The summed E-state index contributed by atoms with van der Waals surface area (Å²) in [4.78, 5) is 2.38. The topological polar surface area (TPSA) is 16.4 Å². The normalized spacial score (nSPS) is 11.3. The summed E-state index contributed by atoms with van der Waals surface area (Å²) in [6.07, 6.45) is 0. The lowest BCUT2D eigenvalue weighted by Crippen LogP contribution is -2.11. The Morgan fingerprint density at radius 2 is 0.958 bits per heavy atom. The van der Waals surface area contributed by atoms with Crippen molar-refractivity contribution in [1.82, 2.24) is 0 Å². The highest BCUT2D eigenvalue weighted by atomic mass is 16.3. The Hall–Kier alpha value is -6.38. The average Bonchev–Trinajstić information content (AvgIpc) is 3.55. The smallest absolute Gasteiger partial charge is 0.136 e. The van der Waals surface area contributed by atoms with Crippen LogP contribution in [0.1, 0.15) is 0 Å². The van der Waals surface area contributed by atoms with Crippen molar-refractivity contribution in [2.75, 3.05) is 4.90 Å². The van der Waals surface area contributed by atoms with Gasteiger partial charge in [0.1, 0.15) is 11.2 Å². The molecule has 0 aliphatic heterocycles. The molecule has 0 saturated carbocycles. The van der Waals surface area contributed by atoms with Crippen molar-refractivity contribution in [3.63, 3.8) is 0 Å². The SMILES string of the molecule is c1ccc(-c2ccc(-c3ccc4ccccc4c3)cc2N(c2ccccc2)c2ccc(-c3cccc4oc5ccccc5c34)cc2)cc1. The fraction of sp³-hybridized carbons (Fsp3) is 0. The van der Waals surface area contributed by atoms with Crippen molar-refractivity contribution >= 4 is 49.8 Å². The van der Waals surface area contributed by atoms with Crippen LogP contribution in [0.25, 0.3) is 66.1 Å². The van der Waals surface area contributed by atoms with E-state index in [1.165, 1.54) is 38.6 Å². The Balaban J connectivity index is 1.22. The number of fused-ring (bicyclic) bond motifs is 4. The highest BCUT2D eigenvalue weighted by molar-refractivity contribution is 6.12. The average molecular weight is 614 g/mol. The standard InChI is InChI=1S/C46H31NO/c1-3-13-33(14-4-1)40-29-26-37(36-23-22-32-12-7-8-15-35(32)30-36)31-43(40)47(38-16-5-2-6-17-38)39-27-24-34(25-28-39)41-19-11-21-45-46(41)42-18-9-10-20-44(42)48-45/h1-31H. The number of para-hydroxylation sites is 2. The Bertz CT molecular complexity index is 2550. The van der Waals surface area contributed by atoms with E-state index in [4.69, 9.17) is 4.42 Å². The predicted molar refractivity (Wildman–Crippen MR) is 202 cm³/mol. The molecule has 0 N–H and O–H groups in total. The molecule has 0 aliphatic carbocycles. The van der Waals surface area contributed by atoms with Gasteiger partial charge >= 0.3 is 0 Å². The van der Waals surface area contributed by atoms with Gasteiger partial charge in [-0.2, -0.15) is 0 Å². The Morgan fingerprint density at radius 1 is 0.354 bits per heavy atom. The quantitative estimate of drug-likeness (QED) is 0.185. The molecule has 9 aromatic rings. The third-order valence-corrected chi connectivity index (χ3v) is 9.26. The third-order valence-electron chi connectivity index (χ3n) is 9.26. The predicted octanol–water partition coefficient (Wildman–Crippen LogP) is 13.2. The van der Waals surface area contributed by atoms with Crippen LogP contribution in [0.5, 0.6) is 0 Å². The minimum atomic E-state index is 0.904. The third kappa shape index (κ3) is 4.92. The maximum atomic E-state index is 6.21. The number of nitrogens with zero attached hydrogens (tertiary/aromatic N) is 1. The molecular weight excluding hydrogens is 583 g/mol. The first-order valence-corrected chi connectivity index (χ1v) is 16.3. The van der Waals surface area contributed by atoms with E-state index in [2.05, 4.69) is 181 Å². The molecule has 0 saturated heterocycles. The van der Waals surface area contributed by atoms with Crippen LogP contribution in [-0.2, 0) is 0 Å². The van der Waals surface area contributed by atoms with Crippen LogP contribution in [-0.4, -0.2) is 0 Å². The van der Waals surface area contributed by atoms with Crippen LogP contribution in [0.4, 0.5) is 17.1 Å². The first kappa shape index (κ1) is 27.9. The first-order valence-electron chi connectivity index (χ1n) is 16.3. The summed E-state index contributed by atoms with van der Waals surface area (Å²) in [6.45, 7) is 0. The molecule has 0 unspecified atom stereocenters. The van der Waals surface area contributed by atoms with E-state index in [0.29, 0.717) is 0 Å². The molecule has 0 amide bonds. The molecule has 1 aromatic heterocycles. The largest absolute Gasteiger partial charge is 0.456 e. The molecule has 8 aromatic carbocycles. The second kappa shape index (κ2) is 11.8. The highest BCUT2D eigenvalue weighted by Crippen LogP contribution is 2.44. The van der Waals surface area contributed by atoms with Gasteiger partial charge in [-0.05, 0) is 87.1 Å². The van der Waals surface area contributed by atoms with Crippen LogP contribution in [0.3, 0.4) is 0 Å². The van der Waals surface area contributed by atoms with Crippen LogP contribution < -0.4 is 4.90 Å². The van der Waals surface area contributed by atoms with E-state index in [-0.39, 0.29) is 0 Å². The summed E-state index contributed by atoms with van der Waals surface area (Å²) >= 11 is 0. The van der Waals surface area contributed by atoms with Crippen LogP contribution in [0.2, 0.25) is 0 Å². The van der Waals surface area contributed by atoms with Gasteiger partial charge < -0.3 is 9.32 Å². The molecule has 0 aliphatic rings. The van der Waals surface area contributed by atoms with Crippen LogP contribution in [0, 0.1) is 0 Å². The van der Waals surface area contributed by atoms with Crippen molar-refractivity contribution in [3.8, 4) is 33.4 Å². The monoisotopic (exact) mass is 613 g/mol. The van der Waals surface area contributed by atoms with E-state index in [0.717, 1.165) is 44.6 Å². The molecule has 226 valence electrons. The number of benzene rings is 8. The zero-order valence-corrected chi connectivity index (χ0v) is 26.3. The van der Waals surface area contributed by atoms with Gasteiger partial charge in [0.25, 0.3) is 0 Å². The van der Waals surface area contributed by atoms with Crippen molar-refractivity contribution in [1.29, 1.82) is 0 Å². The van der Waals surface area contributed by atoms with Gasteiger partial charge in [0.15, 0.2) is 0 Å². The zero-order chi connectivity index (χ0) is 31.9. The van der Waals surface area contributed by atoms with E-state index < -0.39 is 0 Å². The lowest BCUT2D eigenvalue weighted by atomic mass is 9.95. The minimum absolute atomic E-state index is 0.904. The lowest BCUT2D eigenvalue weighted by molar-refractivity contribution is 0.669. The maximum Gasteiger partial charge on any atom is 0.136 e. The minimum Gasteiger partial charge on any atom is -0.456 e. The van der Waals surface area contributed by atoms with Gasteiger partial charge in [-0.3, -0.25) is 0 Å². The Morgan fingerprint density at radius 3 is 1.79 bits per heavy atom. The molecule has 2 heteroatoms. The zero-order valence-electron chi connectivity index (χ0n) is 26.3. The molecule has 0 spiro atoms. The van der Waals surface area contributed by atoms with E-state index in [9.17, 15) is 0 Å². The summed E-state index contributed by atoms with van der Waals surface area (Å²) < 4.78 is 6.21. The molecule has 48 heavy (non-hydrogen) atoms. The second-order valence-electron chi connectivity index (χ2n) is 12.2. The molecule has 9 rings (SSSR count). The number of hydrogen-bond acceptors (Lipinski definition) is 2. The second-order valence-corrected chi connectivity index (χ2v) is 12.2. The van der Waals surface area contributed by atoms with Crippen molar-refractivity contribution in [2.24, 2.45) is 0 Å². The summed E-state index contributed by atoms with van der Waals surface area (Å²) in [5.41, 5.74) is 12.1. The van der Waals surface area contributed by atoms with Crippen molar-refractivity contribution in [2.45, 2.75) is 0 Å². The summed E-state index contributed by atoms with van der Waals surface area (Å²) in [5.74, 6) is 0. The maximum absolute atomic E-state index is 6.21. The van der Waals surface area contributed by atoms with E-state index in [1.54, 1.807) is 0 Å². The van der Waals surface area contributed by atoms with Gasteiger partial charge in [-0.25, -0.2) is 0 Å². The number of rotatable bonds is 6. The summed E-state index contributed by atoms with van der Waals surface area (Å²) in [7, 11) is 0. The van der Waals surface area contributed by atoms with Gasteiger partial charge in [0.2, 0.25) is 0 Å². The molecule has 0 fully saturated rings. The van der Waals surface area contributed by atoms with Gasteiger partial charge in [0, 0.05) is 27.7 Å². The molecule has 0 bridgehead atoms. The summed E-state index contributed by atoms with van der Waals surface area (Å²) in [5, 5.41) is 4.76. The molecule has 0 radical (unpaired) electrons. The first-order chi connectivity index (χ1) is 23.8. The van der Waals surface area contributed by atoms with Gasteiger partial charge in [0.05, 0.1) is 5.69 Å². The Kier molecular flexibility index (Phi) is 6.84. The fourth-order valence-electron chi connectivity index (χ4n) is 6.94. The van der Waals surface area contributed by atoms with Crippen LogP contribution in [0.15, 0.2) is 192 Å². The highest BCUT2D eigenvalue weighted by Gasteiger charge is 2.19. The van der Waals surface area contributed by atoms with Crippen LogP contribution >= 0.6 is 0 Å². The number of furan rings is 1. The molecule has 1 heterocycles. The number of hydrogen-bond donors (Lipinski definition) is 0. The van der Waals surface area contributed by atoms with Gasteiger partial charge in [-0.1, -0.05) is 140 Å².